The molecule has 0 radical (unpaired) electrons. The molecule has 6 nitrogen and oxygen atoms in total. The summed E-state index contributed by atoms with van der Waals surface area (Å²) in [6.45, 7) is 3.52. The Balaban J connectivity index is 2.15. The Hall–Kier alpha value is -2.21. The Bertz CT molecular complexity index is 534. The molecule has 6 heteroatoms. The highest BCUT2D eigenvalue weighted by atomic mass is 16.6. The van der Waals surface area contributed by atoms with Gasteiger partial charge in [0.1, 0.15) is 0 Å². The van der Waals surface area contributed by atoms with Crippen molar-refractivity contribution in [3.63, 3.8) is 0 Å². The molecule has 1 N–H and O–H groups in total. The summed E-state index contributed by atoms with van der Waals surface area (Å²) in [7, 11) is 0. The van der Waals surface area contributed by atoms with Gasteiger partial charge < -0.3 is 9.84 Å². The van der Waals surface area contributed by atoms with Crippen LogP contribution in [0.3, 0.4) is 0 Å². The van der Waals surface area contributed by atoms with Gasteiger partial charge in [-0.3, -0.25) is 10.1 Å². The van der Waals surface area contributed by atoms with Crippen LogP contribution in [0.2, 0.25) is 0 Å². The number of rotatable bonds is 5. The summed E-state index contributed by atoms with van der Waals surface area (Å²) in [6, 6.07) is 8.01. The summed E-state index contributed by atoms with van der Waals surface area (Å²) in [4.78, 5) is 10.1. The third-order valence-corrected chi connectivity index (χ3v) is 2.48. The summed E-state index contributed by atoms with van der Waals surface area (Å²) in [5.74, 6) is 0.609. The fraction of sp³-hybridized carbons (Fsp3) is 0.250. The van der Waals surface area contributed by atoms with Crippen LogP contribution >= 0.6 is 0 Å². The third-order valence-electron chi connectivity index (χ3n) is 2.48. The van der Waals surface area contributed by atoms with Crippen LogP contribution in [-0.2, 0) is 6.54 Å². The maximum atomic E-state index is 10.5. The van der Waals surface area contributed by atoms with Crippen molar-refractivity contribution in [3.05, 3.63) is 46.1 Å². The molecule has 2 aromatic rings. The van der Waals surface area contributed by atoms with Crippen molar-refractivity contribution in [1.29, 1.82) is 0 Å². The Kier molecular flexibility index (Phi) is 3.69. The second-order valence-electron chi connectivity index (χ2n) is 3.77. The summed E-state index contributed by atoms with van der Waals surface area (Å²) in [5.41, 5.74) is 1.65. The molecule has 0 aliphatic carbocycles. The molecule has 94 valence electrons. The van der Waals surface area contributed by atoms with E-state index >= 15 is 0 Å². The third kappa shape index (κ3) is 2.72. The first-order chi connectivity index (χ1) is 8.70. The maximum Gasteiger partial charge on any atom is 0.269 e. The lowest BCUT2D eigenvalue weighted by Gasteiger charge is -1.95. The number of nitro groups is 1. The van der Waals surface area contributed by atoms with Gasteiger partial charge in [0.25, 0.3) is 5.69 Å². The first-order valence-corrected chi connectivity index (χ1v) is 5.62. The van der Waals surface area contributed by atoms with Crippen molar-refractivity contribution in [2.45, 2.75) is 13.5 Å². The molecule has 0 saturated heterocycles. The topological polar surface area (TPSA) is 81.2 Å². The minimum atomic E-state index is -0.430. The van der Waals surface area contributed by atoms with Crippen LogP contribution in [0.1, 0.15) is 12.6 Å². The molecule has 1 heterocycles. The lowest BCUT2D eigenvalue weighted by Crippen LogP contribution is -2.11. The molecule has 0 amide bonds. The van der Waals surface area contributed by atoms with Gasteiger partial charge in [-0.25, -0.2) is 0 Å². The quantitative estimate of drug-likeness (QED) is 0.648. The Morgan fingerprint density at radius 3 is 2.72 bits per heavy atom. The first kappa shape index (κ1) is 12.3. The zero-order valence-electron chi connectivity index (χ0n) is 9.92. The van der Waals surface area contributed by atoms with Crippen molar-refractivity contribution in [2.75, 3.05) is 6.54 Å². The molecule has 1 aromatic heterocycles. The molecule has 0 bridgehead atoms. The first-order valence-electron chi connectivity index (χ1n) is 5.62. The van der Waals surface area contributed by atoms with Gasteiger partial charge in [0.05, 0.1) is 10.6 Å². The molecular weight excluding hydrogens is 234 g/mol. The predicted molar refractivity (Wildman–Crippen MR) is 66.0 cm³/mol. The molecule has 0 aliphatic rings. The zero-order chi connectivity index (χ0) is 13.0. The van der Waals surface area contributed by atoms with E-state index in [1.165, 1.54) is 12.1 Å². The smallest absolute Gasteiger partial charge is 0.269 e. The molecule has 0 atom stereocenters. The van der Waals surface area contributed by atoms with Gasteiger partial charge in [-0.1, -0.05) is 12.1 Å². The Morgan fingerprint density at radius 1 is 1.39 bits per heavy atom. The molecule has 1 aromatic carbocycles. The van der Waals surface area contributed by atoms with E-state index in [-0.39, 0.29) is 5.69 Å². The van der Waals surface area contributed by atoms with E-state index in [0.29, 0.717) is 12.3 Å². The van der Waals surface area contributed by atoms with Crippen LogP contribution in [0.4, 0.5) is 5.69 Å². The van der Waals surface area contributed by atoms with E-state index in [1.807, 2.05) is 13.0 Å². The van der Waals surface area contributed by atoms with Crippen molar-refractivity contribution in [1.82, 2.24) is 10.5 Å². The van der Waals surface area contributed by atoms with E-state index in [2.05, 4.69) is 10.5 Å². The Morgan fingerprint density at radius 2 is 2.11 bits per heavy atom. The molecule has 0 unspecified atom stereocenters. The number of nitro benzene ring substituents is 1. The number of nitrogens with zero attached hydrogens (tertiary/aromatic N) is 2. The highest BCUT2D eigenvalue weighted by Gasteiger charge is 2.09. The van der Waals surface area contributed by atoms with E-state index in [0.717, 1.165) is 17.8 Å². The fourth-order valence-electron chi connectivity index (χ4n) is 1.53. The van der Waals surface area contributed by atoms with E-state index in [9.17, 15) is 10.1 Å². The second kappa shape index (κ2) is 5.42. The van der Waals surface area contributed by atoms with Gasteiger partial charge in [0.15, 0.2) is 5.76 Å². The SMILES string of the molecule is CCNCc1cc(-c2ccc([N+](=O)[O-])cc2)on1. The largest absolute Gasteiger partial charge is 0.356 e. The van der Waals surface area contributed by atoms with Crippen LogP contribution in [0.15, 0.2) is 34.9 Å². The highest BCUT2D eigenvalue weighted by Crippen LogP contribution is 2.22. The number of hydrogen-bond donors (Lipinski definition) is 1. The zero-order valence-corrected chi connectivity index (χ0v) is 9.92. The molecule has 0 spiro atoms. The van der Waals surface area contributed by atoms with Crippen LogP contribution in [0, 0.1) is 10.1 Å². The molecular formula is C12H13N3O3. The van der Waals surface area contributed by atoms with Crippen molar-refractivity contribution in [2.24, 2.45) is 0 Å². The van der Waals surface area contributed by atoms with Crippen LogP contribution in [0.5, 0.6) is 0 Å². The molecule has 0 fully saturated rings. The number of nitrogens with one attached hydrogen (secondary N) is 1. The van der Waals surface area contributed by atoms with Crippen LogP contribution in [0.25, 0.3) is 11.3 Å². The fourth-order valence-corrected chi connectivity index (χ4v) is 1.53. The van der Waals surface area contributed by atoms with Crippen molar-refractivity contribution in [3.8, 4) is 11.3 Å². The van der Waals surface area contributed by atoms with Gasteiger partial charge in [-0.2, -0.15) is 0 Å². The maximum absolute atomic E-state index is 10.5. The second-order valence-corrected chi connectivity index (χ2v) is 3.77. The molecule has 0 saturated carbocycles. The number of non-ortho nitro benzene ring substituents is 1. The summed E-state index contributed by atoms with van der Waals surface area (Å²) < 4.78 is 5.19. The molecule has 0 aliphatic heterocycles. The Labute approximate surface area is 104 Å². The summed E-state index contributed by atoms with van der Waals surface area (Å²) in [6.07, 6.45) is 0. The monoisotopic (exact) mass is 247 g/mol. The lowest BCUT2D eigenvalue weighted by atomic mass is 10.1. The van der Waals surface area contributed by atoms with Crippen molar-refractivity contribution >= 4 is 5.69 Å². The van der Waals surface area contributed by atoms with Gasteiger partial charge in [0.2, 0.25) is 0 Å². The minimum Gasteiger partial charge on any atom is -0.356 e. The number of hydrogen-bond acceptors (Lipinski definition) is 5. The number of benzene rings is 1. The molecule has 18 heavy (non-hydrogen) atoms. The van der Waals surface area contributed by atoms with Gasteiger partial charge in [-0.15, -0.1) is 0 Å². The van der Waals surface area contributed by atoms with Gasteiger partial charge >= 0.3 is 0 Å². The van der Waals surface area contributed by atoms with Crippen LogP contribution in [-0.4, -0.2) is 16.6 Å². The number of aromatic nitrogens is 1. The van der Waals surface area contributed by atoms with Gasteiger partial charge in [0, 0.05) is 30.3 Å². The summed E-state index contributed by atoms with van der Waals surface area (Å²) >= 11 is 0. The lowest BCUT2D eigenvalue weighted by molar-refractivity contribution is -0.384. The van der Waals surface area contributed by atoms with E-state index in [4.69, 9.17) is 4.52 Å². The van der Waals surface area contributed by atoms with Gasteiger partial charge in [-0.05, 0) is 18.7 Å². The summed E-state index contributed by atoms with van der Waals surface area (Å²) in [5, 5.41) is 17.6. The average molecular weight is 247 g/mol. The normalized spacial score (nSPS) is 10.5. The predicted octanol–water partition coefficient (Wildman–Crippen LogP) is 2.36. The highest BCUT2D eigenvalue weighted by molar-refractivity contribution is 5.59. The van der Waals surface area contributed by atoms with E-state index < -0.39 is 4.92 Å². The average Bonchev–Trinajstić information content (AvgIpc) is 2.85. The van der Waals surface area contributed by atoms with Crippen molar-refractivity contribution < 1.29 is 9.45 Å². The van der Waals surface area contributed by atoms with Crippen LogP contribution < -0.4 is 5.32 Å². The molecule has 2 rings (SSSR count). The van der Waals surface area contributed by atoms with E-state index in [1.54, 1.807) is 12.1 Å². The minimum absolute atomic E-state index is 0.0612. The standard InChI is InChI=1S/C12H13N3O3/c1-2-13-8-10-7-12(18-14-10)9-3-5-11(6-4-9)15(16)17/h3-7,13H,2,8H2,1H3.